The smallest absolute Gasteiger partial charge is 0.335 e. The zero-order valence-electron chi connectivity index (χ0n) is 8.78. The van der Waals surface area contributed by atoms with E-state index < -0.39 is 11.6 Å². The van der Waals surface area contributed by atoms with Crippen LogP contribution >= 0.6 is 15.9 Å². The molecule has 84 valence electrons. The molecule has 2 N–H and O–H groups in total. The van der Waals surface area contributed by atoms with Crippen molar-refractivity contribution in [2.75, 3.05) is 0 Å². The normalized spacial score (nSPS) is 10.9. The van der Waals surface area contributed by atoms with Crippen LogP contribution < -0.4 is 0 Å². The van der Waals surface area contributed by atoms with E-state index in [2.05, 4.69) is 15.9 Å². The standard InChI is InChI=1S/C11H10BrNO3/c1-11(2,16)9-7(5-13)3-6(10(14)15)4-8(9)12/h3-4,16H,1-2H3,(H,14,15). The number of aromatic carboxylic acids is 1. The zero-order chi connectivity index (χ0) is 12.5. The van der Waals surface area contributed by atoms with Crippen LogP contribution in [0.3, 0.4) is 0 Å². The third-order valence-electron chi connectivity index (χ3n) is 2.07. The van der Waals surface area contributed by atoms with Gasteiger partial charge in [0.05, 0.1) is 22.8 Å². The van der Waals surface area contributed by atoms with Crippen LogP contribution in [-0.2, 0) is 5.60 Å². The molecule has 0 heterocycles. The molecule has 0 aliphatic carbocycles. The molecule has 0 atom stereocenters. The maximum Gasteiger partial charge on any atom is 0.335 e. The Kier molecular flexibility index (Phi) is 3.36. The Balaban J connectivity index is 3.55. The maximum absolute atomic E-state index is 10.8. The third-order valence-corrected chi connectivity index (χ3v) is 2.69. The van der Waals surface area contributed by atoms with E-state index in [0.717, 1.165) is 0 Å². The zero-order valence-corrected chi connectivity index (χ0v) is 10.4. The predicted molar refractivity (Wildman–Crippen MR) is 61.1 cm³/mol. The number of nitriles is 1. The Morgan fingerprint density at radius 1 is 1.50 bits per heavy atom. The summed E-state index contributed by atoms with van der Waals surface area (Å²) in [5, 5.41) is 27.7. The number of aliphatic hydroxyl groups is 1. The van der Waals surface area contributed by atoms with Crippen LogP contribution in [0.5, 0.6) is 0 Å². The topological polar surface area (TPSA) is 81.3 Å². The van der Waals surface area contributed by atoms with E-state index >= 15 is 0 Å². The number of benzene rings is 1. The summed E-state index contributed by atoms with van der Waals surface area (Å²) in [6, 6.07) is 4.51. The minimum absolute atomic E-state index is 0.0106. The van der Waals surface area contributed by atoms with Gasteiger partial charge in [-0.1, -0.05) is 15.9 Å². The maximum atomic E-state index is 10.8. The summed E-state index contributed by atoms with van der Waals surface area (Å²) in [5.41, 5.74) is -0.656. The second kappa shape index (κ2) is 4.24. The molecular formula is C11H10BrNO3. The van der Waals surface area contributed by atoms with Crippen molar-refractivity contribution >= 4 is 21.9 Å². The second-order valence-corrected chi connectivity index (χ2v) is 4.71. The molecule has 0 saturated carbocycles. The molecule has 0 unspecified atom stereocenters. The summed E-state index contributed by atoms with van der Waals surface area (Å²) in [4.78, 5) is 10.8. The first-order chi connectivity index (χ1) is 7.27. The van der Waals surface area contributed by atoms with Crippen molar-refractivity contribution in [1.29, 1.82) is 5.26 Å². The highest BCUT2D eigenvalue weighted by Crippen LogP contribution is 2.32. The van der Waals surface area contributed by atoms with E-state index in [1.165, 1.54) is 26.0 Å². The van der Waals surface area contributed by atoms with E-state index in [1.807, 2.05) is 6.07 Å². The molecule has 1 aromatic rings. The van der Waals surface area contributed by atoms with E-state index in [-0.39, 0.29) is 11.1 Å². The van der Waals surface area contributed by atoms with E-state index in [4.69, 9.17) is 10.4 Å². The number of nitrogens with zero attached hydrogens (tertiary/aromatic N) is 1. The van der Waals surface area contributed by atoms with Gasteiger partial charge in [-0.05, 0) is 26.0 Å². The Morgan fingerprint density at radius 2 is 2.06 bits per heavy atom. The van der Waals surface area contributed by atoms with E-state index in [1.54, 1.807) is 0 Å². The molecule has 0 bridgehead atoms. The first-order valence-corrected chi connectivity index (χ1v) is 5.26. The van der Waals surface area contributed by atoms with Gasteiger partial charge in [0.2, 0.25) is 0 Å². The molecule has 0 aliphatic rings. The Hall–Kier alpha value is -1.38. The number of carboxylic acid groups (broad SMARTS) is 1. The molecule has 0 saturated heterocycles. The van der Waals surface area contributed by atoms with Gasteiger partial charge in [-0.2, -0.15) is 5.26 Å². The van der Waals surface area contributed by atoms with Crippen LogP contribution in [0, 0.1) is 11.3 Å². The molecule has 16 heavy (non-hydrogen) atoms. The van der Waals surface area contributed by atoms with Gasteiger partial charge in [0.15, 0.2) is 0 Å². The first-order valence-electron chi connectivity index (χ1n) is 4.47. The SMILES string of the molecule is CC(C)(O)c1c(Br)cc(C(=O)O)cc1C#N. The van der Waals surface area contributed by atoms with Crippen molar-refractivity contribution in [3.8, 4) is 6.07 Å². The van der Waals surface area contributed by atoms with Gasteiger partial charge < -0.3 is 10.2 Å². The monoisotopic (exact) mass is 283 g/mol. The van der Waals surface area contributed by atoms with Gasteiger partial charge >= 0.3 is 5.97 Å². The lowest BCUT2D eigenvalue weighted by Crippen LogP contribution is -2.19. The fourth-order valence-corrected chi connectivity index (χ4v) is 2.39. The number of carboxylic acids is 1. The van der Waals surface area contributed by atoms with Gasteiger partial charge in [-0.25, -0.2) is 4.79 Å². The Morgan fingerprint density at radius 3 is 2.44 bits per heavy atom. The Bertz CT molecular complexity index is 483. The minimum Gasteiger partial charge on any atom is -0.478 e. The average Bonchev–Trinajstić information content (AvgIpc) is 2.14. The summed E-state index contributed by atoms with van der Waals surface area (Å²) < 4.78 is 0.413. The lowest BCUT2D eigenvalue weighted by Gasteiger charge is -2.21. The molecule has 0 aliphatic heterocycles. The molecule has 1 rings (SSSR count). The second-order valence-electron chi connectivity index (χ2n) is 3.86. The highest BCUT2D eigenvalue weighted by molar-refractivity contribution is 9.10. The summed E-state index contributed by atoms with van der Waals surface area (Å²) in [6.07, 6.45) is 0. The predicted octanol–water partition coefficient (Wildman–Crippen LogP) is 2.25. The van der Waals surface area contributed by atoms with E-state index in [9.17, 15) is 9.90 Å². The van der Waals surface area contributed by atoms with Gasteiger partial charge in [0, 0.05) is 10.0 Å². The molecule has 0 fully saturated rings. The van der Waals surface area contributed by atoms with Crippen LogP contribution in [0.15, 0.2) is 16.6 Å². The lowest BCUT2D eigenvalue weighted by atomic mass is 9.92. The van der Waals surface area contributed by atoms with Crippen LogP contribution in [0.25, 0.3) is 0 Å². The molecule has 4 nitrogen and oxygen atoms in total. The highest BCUT2D eigenvalue weighted by atomic mass is 79.9. The number of hydrogen-bond acceptors (Lipinski definition) is 3. The first kappa shape index (κ1) is 12.7. The van der Waals surface area contributed by atoms with Crippen LogP contribution in [0.2, 0.25) is 0 Å². The van der Waals surface area contributed by atoms with Crippen molar-refractivity contribution in [1.82, 2.24) is 0 Å². The van der Waals surface area contributed by atoms with Gasteiger partial charge in [-0.15, -0.1) is 0 Å². The summed E-state index contributed by atoms with van der Waals surface area (Å²) >= 11 is 3.17. The van der Waals surface area contributed by atoms with Crippen molar-refractivity contribution in [2.24, 2.45) is 0 Å². The number of halogens is 1. The average molecular weight is 284 g/mol. The van der Waals surface area contributed by atoms with Crippen LogP contribution in [0.1, 0.15) is 35.3 Å². The molecule has 5 heteroatoms. The number of carbonyl (C=O) groups is 1. The number of rotatable bonds is 2. The fraction of sp³-hybridized carbons (Fsp3) is 0.273. The van der Waals surface area contributed by atoms with E-state index in [0.29, 0.717) is 10.0 Å². The van der Waals surface area contributed by atoms with Gasteiger partial charge in [0.1, 0.15) is 0 Å². The quantitative estimate of drug-likeness (QED) is 0.872. The fourth-order valence-electron chi connectivity index (χ4n) is 1.44. The molecule has 0 aromatic heterocycles. The third kappa shape index (κ3) is 2.40. The molecule has 0 spiro atoms. The van der Waals surface area contributed by atoms with Crippen molar-refractivity contribution in [3.05, 3.63) is 33.3 Å². The summed E-state index contributed by atoms with van der Waals surface area (Å²) in [7, 11) is 0. The summed E-state index contributed by atoms with van der Waals surface area (Å²) in [6.45, 7) is 3.07. The molecule has 0 amide bonds. The van der Waals surface area contributed by atoms with Gasteiger partial charge in [0.25, 0.3) is 0 Å². The van der Waals surface area contributed by atoms with Gasteiger partial charge in [-0.3, -0.25) is 0 Å². The molecular weight excluding hydrogens is 274 g/mol. The van der Waals surface area contributed by atoms with Crippen molar-refractivity contribution in [3.63, 3.8) is 0 Å². The summed E-state index contributed by atoms with van der Waals surface area (Å²) in [5.74, 6) is -1.11. The molecule has 1 aromatic carbocycles. The lowest BCUT2D eigenvalue weighted by molar-refractivity contribution is 0.0691. The number of hydrogen-bond donors (Lipinski definition) is 2. The Labute approximate surface area is 101 Å². The largest absolute Gasteiger partial charge is 0.478 e. The molecule has 0 radical (unpaired) electrons. The highest BCUT2D eigenvalue weighted by Gasteiger charge is 2.24. The van der Waals surface area contributed by atoms with Crippen molar-refractivity contribution in [2.45, 2.75) is 19.4 Å². The van der Waals surface area contributed by atoms with Crippen LogP contribution in [-0.4, -0.2) is 16.2 Å². The van der Waals surface area contributed by atoms with Crippen molar-refractivity contribution < 1.29 is 15.0 Å². The van der Waals surface area contributed by atoms with Crippen LogP contribution in [0.4, 0.5) is 0 Å². The minimum atomic E-state index is -1.21.